The van der Waals surface area contributed by atoms with E-state index in [4.69, 9.17) is 9.47 Å². The zero-order valence-corrected chi connectivity index (χ0v) is 13.7. The van der Waals surface area contributed by atoms with Crippen molar-refractivity contribution in [3.8, 4) is 11.5 Å². The first-order valence-electron chi connectivity index (χ1n) is 7.86. The Kier molecular flexibility index (Phi) is 5.88. The van der Waals surface area contributed by atoms with Crippen molar-refractivity contribution in [1.29, 1.82) is 0 Å². The predicted octanol–water partition coefficient (Wildman–Crippen LogP) is 2.70. The van der Waals surface area contributed by atoms with Gasteiger partial charge in [-0.05, 0) is 51.5 Å². The molecule has 0 aliphatic carbocycles. The van der Waals surface area contributed by atoms with E-state index in [1.165, 1.54) is 18.4 Å². The number of para-hydroxylation sites is 1. The molecule has 2 atom stereocenters. The van der Waals surface area contributed by atoms with Crippen LogP contribution in [0.25, 0.3) is 0 Å². The van der Waals surface area contributed by atoms with Gasteiger partial charge in [0, 0.05) is 11.6 Å². The van der Waals surface area contributed by atoms with Gasteiger partial charge in [0.1, 0.15) is 0 Å². The molecule has 0 spiro atoms. The van der Waals surface area contributed by atoms with Crippen LogP contribution in [0.5, 0.6) is 11.5 Å². The lowest BCUT2D eigenvalue weighted by Gasteiger charge is -2.41. The summed E-state index contributed by atoms with van der Waals surface area (Å²) < 4.78 is 11.1. The van der Waals surface area contributed by atoms with Crippen LogP contribution in [0.4, 0.5) is 0 Å². The van der Waals surface area contributed by atoms with E-state index in [1.807, 2.05) is 13.1 Å². The van der Waals surface area contributed by atoms with Gasteiger partial charge in [-0.2, -0.15) is 0 Å². The summed E-state index contributed by atoms with van der Waals surface area (Å²) in [5, 5.41) is 3.35. The lowest BCUT2D eigenvalue weighted by atomic mass is 9.84. The van der Waals surface area contributed by atoms with Crippen molar-refractivity contribution in [3.63, 3.8) is 0 Å². The monoisotopic (exact) mass is 292 g/mol. The first-order valence-corrected chi connectivity index (χ1v) is 7.86. The Morgan fingerprint density at radius 1 is 1.29 bits per heavy atom. The van der Waals surface area contributed by atoms with Crippen LogP contribution in [0.15, 0.2) is 18.2 Å². The molecule has 0 saturated carbocycles. The predicted molar refractivity (Wildman–Crippen MR) is 86.2 cm³/mol. The van der Waals surface area contributed by atoms with Gasteiger partial charge in [-0.15, -0.1) is 0 Å². The number of nitrogens with one attached hydrogen (secondary N) is 1. The Bertz CT molecular complexity index is 448. The van der Waals surface area contributed by atoms with E-state index in [9.17, 15) is 0 Å². The third-order valence-corrected chi connectivity index (χ3v) is 4.48. The summed E-state index contributed by atoms with van der Waals surface area (Å²) in [4.78, 5) is 2.56. The number of hydrogen-bond donors (Lipinski definition) is 1. The highest BCUT2D eigenvalue weighted by Crippen LogP contribution is 2.43. The van der Waals surface area contributed by atoms with Crippen molar-refractivity contribution in [1.82, 2.24) is 10.2 Å². The molecule has 1 aliphatic heterocycles. The maximum absolute atomic E-state index is 5.67. The Morgan fingerprint density at radius 2 is 2.10 bits per heavy atom. The minimum Gasteiger partial charge on any atom is -0.493 e. The van der Waals surface area contributed by atoms with Crippen molar-refractivity contribution in [2.24, 2.45) is 5.92 Å². The van der Waals surface area contributed by atoms with Gasteiger partial charge in [-0.3, -0.25) is 4.90 Å². The zero-order valence-electron chi connectivity index (χ0n) is 13.7. The lowest BCUT2D eigenvalue weighted by Crippen LogP contribution is -2.42. The Balaban J connectivity index is 2.43. The van der Waals surface area contributed by atoms with Gasteiger partial charge in [0.2, 0.25) is 0 Å². The van der Waals surface area contributed by atoms with Crippen LogP contribution < -0.4 is 14.8 Å². The van der Waals surface area contributed by atoms with Crippen molar-refractivity contribution >= 4 is 0 Å². The maximum Gasteiger partial charge on any atom is 0.165 e. The molecular weight excluding hydrogens is 264 g/mol. The lowest BCUT2D eigenvalue weighted by molar-refractivity contribution is 0.0957. The molecule has 0 aromatic heterocycles. The van der Waals surface area contributed by atoms with Gasteiger partial charge in [0.05, 0.1) is 14.2 Å². The van der Waals surface area contributed by atoms with E-state index in [0.29, 0.717) is 12.0 Å². The van der Waals surface area contributed by atoms with Crippen molar-refractivity contribution in [2.75, 3.05) is 40.9 Å². The van der Waals surface area contributed by atoms with Crippen molar-refractivity contribution in [2.45, 2.75) is 25.8 Å². The van der Waals surface area contributed by atoms with Crippen LogP contribution in [-0.2, 0) is 0 Å². The van der Waals surface area contributed by atoms with E-state index in [0.717, 1.165) is 31.1 Å². The fourth-order valence-electron chi connectivity index (χ4n) is 3.58. The van der Waals surface area contributed by atoms with Gasteiger partial charge in [0.15, 0.2) is 11.5 Å². The van der Waals surface area contributed by atoms with E-state index in [-0.39, 0.29) is 0 Å². The highest BCUT2D eigenvalue weighted by atomic mass is 16.5. The minimum atomic E-state index is 0.390. The Hall–Kier alpha value is -1.26. The number of piperidine rings is 1. The molecular formula is C17H28N2O2. The second-order valence-electron chi connectivity index (χ2n) is 5.62. The van der Waals surface area contributed by atoms with Crippen LogP contribution in [0.3, 0.4) is 0 Å². The number of likely N-dealkylation sites (tertiary alicyclic amines) is 1. The van der Waals surface area contributed by atoms with E-state index < -0.39 is 0 Å². The average Bonchev–Trinajstić information content (AvgIpc) is 2.54. The standard InChI is InChI=1S/C17H28N2O2/c1-5-19-11-7-8-13(12-18-2)16(19)14-9-6-10-15(20-3)17(14)21-4/h6,9-10,13,16,18H,5,7-8,11-12H2,1-4H3. The molecule has 0 radical (unpaired) electrons. The average molecular weight is 292 g/mol. The fourth-order valence-corrected chi connectivity index (χ4v) is 3.58. The molecule has 118 valence electrons. The van der Waals surface area contributed by atoms with E-state index in [1.54, 1.807) is 14.2 Å². The molecule has 0 bridgehead atoms. The van der Waals surface area contributed by atoms with Gasteiger partial charge in [-0.25, -0.2) is 0 Å². The molecule has 2 unspecified atom stereocenters. The van der Waals surface area contributed by atoms with Crippen LogP contribution in [0.2, 0.25) is 0 Å². The summed E-state index contributed by atoms with van der Waals surface area (Å²) in [7, 11) is 5.46. The Morgan fingerprint density at radius 3 is 2.71 bits per heavy atom. The summed E-state index contributed by atoms with van der Waals surface area (Å²) in [5.41, 5.74) is 1.25. The van der Waals surface area contributed by atoms with Crippen LogP contribution in [-0.4, -0.2) is 45.8 Å². The van der Waals surface area contributed by atoms with Crippen molar-refractivity contribution in [3.05, 3.63) is 23.8 Å². The number of nitrogens with zero attached hydrogens (tertiary/aromatic N) is 1. The topological polar surface area (TPSA) is 33.7 Å². The summed E-state index contributed by atoms with van der Waals surface area (Å²) in [6.07, 6.45) is 2.52. The first kappa shape index (κ1) is 16.1. The molecule has 1 aromatic carbocycles. The second-order valence-corrected chi connectivity index (χ2v) is 5.62. The highest BCUT2D eigenvalue weighted by molar-refractivity contribution is 5.48. The third-order valence-electron chi connectivity index (χ3n) is 4.48. The highest BCUT2D eigenvalue weighted by Gasteiger charge is 2.33. The van der Waals surface area contributed by atoms with E-state index >= 15 is 0 Å². The number of hydrogen-bond acceptors (Lipinski definition) is 4. The van der Waals surface area contributed by atoms with Gasteiger partial charge in [-0.1, -0.05) is 19.1 Å². The normalized spacial score (nSPS) is 23.0. The molecule has 21 heavy (non-hydrogen) atoms. The minimum absolute atomic E-state index is 0.390. The fraction of sp³-hybridized carbons (Fsp3) is 0.647. The van der Waals surface area contributed by atoms with E-state index in [2.05, 4.69) is 29.3 Å². The largest absolute Gasteiger partial charge is 0.493 e. The molecule has 1 aliphatic rings. The number of methoxy groups -OCH3 is 2. The molecule has 2 rings (SSSR count). The molecule has 1 saturated heterocycles. The summed E-state index contributed by atoms with van der Waals surface area (Å²) in [6, 6.07) is 6.61. The summed E-state index contributed by atoms with van der Waals surface area (Å²) in [6.45, 7) is 5.48. The number of benzene rings is 1. The number of rotatable bonds is 6. The third kappa shape index (κ3) is 3.33. The molecule has 1 aromatic rings. The quantitative estimate of drug-likeness (QED) is 0.874. The number of ether oxygens (including phenoxy) is 2. The Labute approximate surface area is 128 Å². The van der Waals surface area contributed by atoms with Crippen molar-refractivity contribution < 1.29 is 9.47 Å². The molecule has 4 heteroatoms. The molecule has 4 nitrogen and oxygen atoms in total. The smallest absolute Gasteiger partial charge is 0.165 e. The van der Waals surface area contributed by atoms with Gasteiger partial charge < -0.3 is 14.8 Å². The molecule has 1 N–H and O–H groups in total. The SMILES string of the molecule is CCN1CCCC(CNC)C1c1cccc(OC)c1OC. The van der Waals surface area contributed by atoms with Gasteiger partial charge in [0.25, 0.3) is 0 Å². The van der Waals surface area contributed by atoms with Crippen LogP contribution in [0.1, 0.15) is 31.4 Å². The maximum atomic E-state index is 5.67. The van der Waals surface area contributed by atoms with Crippen LogP contribution in [0, 0.1) is 5.92 Å². The second kappa shape index (κ2) is 7.66. The zero-order chi connectivity index (χ0) is 15.2. The van der Waals surface area contributed by atoms with Gasteiger partial charge >= 0.3 is 0 Å². The first-order chi connectivity index (χ1) is 10.3. The molecule has 1 fully saturated rings. The molecule has 1 heterocycles. The summed E-state index contributed by atoms with van der Waals surface area (Å²) in [5.74, 6) is 2.30. The summed E-state index contributed by atoms with van der Waals surface area (Å²) >= 11 is 0. The van der Waals surface area contributed by atoms with Crippen LogP contribution >= 0.6 is 0 Å². The molecule has 0 amide bonds.